The van der Waals surface area contributed by atoms with E-state index < -0.39 is 0 Å². The first-order chi connectivity index (χ1) is 8.66. The normalized spacial score (nSPS) is 22.5. The predicted octanol–water partition coefficient (Wildman–Crippen LogP) is 0.829. The summed E-state index contributed by atoms with van der Waals surface area (Å²) in [6.07, 6.45) is 1.10. The number of piperazine rings is 1. The summed E-state index contributed by atoms with van der Waals surface area (Å²) in [4.78, 5) is 10.6. The predicted molar refractivity (Wildman–Crippen MR) is 77.3 cm³/mol. The first-order valence-corrected chi connectivity index (χ1v) is 7.53. The van der Waals surface area contributed by atoms with E-state index in [1.807, 2.05) is 5.51 Å². The number of thiazole rings is 1. The van der Waals surface area contributed by atoms with Crippen LogP contribution in [0.3, 0.4) is 0 Å². The first-order valence-electron chi connectivity index (χ1n) is 6.65. The lowest BCUT2D eigenvalue weighted by molar-refractivity contribution is 0.114. The second kappa shape index (κ2) is 6.61. The molecule has 0 saturated carbocycles. The SMILES string of the molecule is Cc1ncsc1CCNCC1CN(C)CCN1C. The van der Waals surface area contributed by atoms with Gasteiger partial charge in [-0.3, -0.25) is 4.90 Å². The molecule has 1 saturated heterocycles. The summed E-state index contributed by atoms with van der Waals surface area (Å²) in [5.74, 6) is 0. The number of aryl methyl sites for hydroxylation is 1. The fourth-order valence-electron chi connectivity index (χ4n) is 2.36. The third kappa shape index (κ3) is 3.75. The molecule has 1 aromatic heterocycles. The number of nitrogens with one attached hydrogen (secondary N) is 1. The highest BCUT2D eigenvalue weighted by Gasteiger charge is 2.21. The van der Waals surface area contributed by atoms with Gasteiger partial charge in [0.15, 0.2) is 0 Å². The smallest absolute Gasteiger partial charge is 0.0797 e. The zero-order chi connectivity index (χ0) is 13.0. The Balaban J connectivity index is 1.67. The van der Waals surface area contributed by atoms with Gasteiger partial charge in [-0.1, -0.05) is 0 Å². The second-order valence-corrected chi connectivity index (χ2v) is 6.15. The molecule has 1 aliphatic heterocycles. The number of rotatable bonds is 5. The Hall–Kier alpha value is -0.490. The van der Waals surface area contributed by atoms with Gasteiger partial charge >= 0.3 is 0 Å². The molecule has 1 atom stereocenters. The third-order valence-corrected chi connectivity index (χ3v) is 4.73. The van der Waals surface area contributed by atoms with Crippen molar-refractivity contribution in [3.8, 4) is 0 Å². The number of aromatic nitrogens is 1. The van der Waals surface area contributed by atoms with Crippen molar-refractivity contribution in [2.24, 2.45) is 0 Å². The summed E-state index contributed by atoms with van der Waals surface area (Å²) in [5.41, 5.74) is 3.13. The summed E-state index contributed by atoms with van der Waals surface area (Å²) in [6, 6.07) is 0.645. The lowest BCUT2D eigenvalue weighted by atomic mass is 10.2. The molecular weight excluding hydrogens is 244 g/mol. The molecule has 0 spiro atoms. The second-order valence-electron chi connectivity index (χ2n) is 5.21. The minimum atomic E-state index is 0.645. The minimum Gasteiger partial charge on any atom is -0.315 e. The van der Waals surface area contributed by atoms with Crippen LogP contribution in [0.25, 0.3) is 0 Å². The molecule has 5 heteroatoms. The van der Waals surface area contributed by atoms with E-state index in [-0.39, 0.29) is 0 Å². The highest BCUT2D eigenvalue weighted by atomic mass is 32.1. The van der Waals surface area contributed by atoms with Gasteiger partial charge in [0.1, 0.15) is 0 Å². The van der Waals surface area contributed by atoms with Gasteiger partial charge in [-0.2, -0.15) is 0 Å². The Kier molecular flexibility index (Phi) is 5.12. The van der Waals surface area contributed by atoms with Crippen LogP contribution >= 0.6 is 11.3 Å². The molecular formula is C13H24N4S. The van der Waals surface area contributed by atoms with Crippen molar-refractivity contribution >= 4 is 11.3 Å². The first kappa shape index (κ1) is 13.9. The van der Waals surface area contributed by atoms with Crippen molar-refractivity contribution in [2.75, 3.05) is 46.8 Å². The highest BCUT2D eigenvalue weighted by molar-refractivity contribution is 7.09. The van der Waals surface area contributed by atoms with Crippen LogP contribution in [0.1, 0.15) is 10.6 Å². The summed E-state index contributed by atoms with van der Waals surface area (Å²) in [7, 11) is 4.44. The Morgan fingerprint density at radius 3 is 3.00 bits per heavy atom. The maximum Gasteiger partial charge on any atom is 0.0797 e. The van der Waals surface area contributed by atoms with E-state index in [2.05, 4.69) is 41.1 Å². The maximum absolute atomic E-state index is 4.28. The van der Waals surface area contributed by atoms with Crippen LogP contribution in [-0.2, 0) is 6.42 Å². The van der Waals surface area contributed by atoms with Crippen molar-refractivity contribution in [3.05, 3.63) is 16.1 Å². The molecule has 0 radical (unpaired) electrons. The molecule has 0 aromatic carbocycles. The van der Waals surface area contributed by atoms with Crippen LogP contribution in [0, 0.1) is 6.92 Å². The summed E-state index contributed by atoms with van der Waals surface area (Å²) < 4.78 is 0. The van der Waals surface area contributed by atoms with E-state index >= 15 is 0 Å². The van der Waals surface area contributed by atoms with Crippen LogP contribution in [-0.4, -0.2) is 67.6 Å². The molecule has 2 rings (SSSR count). The lowest BCUT2D eigenvalue weighted by Crippen LogP contribution is -2.53. The van der Waals surface area contributed by atoms with Gasteiger partial charge in [0.05, 0.1) is 11.2 Å². The standard InChI is InChI=1S/C13H24N4S/c1-11-13(18-10-15-11)4-5-14-8-12-9-16(2)6-7-17(12)3/h10,12,14H,4-9H2,1-3H3. The molecule has 102 valence electrons. The van der Waals surface area contributed by atoms with E-state index in [4.69, 9.17) is 0 Å². The van der Waals surface area contributed by atoms with Gasteiger partial charge in [0, 0.05) is 43.6 Å². The van der Waals surface area contributed by atoms with Crippen LogP contribution in [0.15, 0.2) is 5.51 Å². The molecule has 18 heavy (non-hydrogen) atoms. The molecule has 0 bridgehead atoms. The maximum atomic E-state index is 4.28. The fourth-order valence-corrected chi connectivity index (χ4v) is 3.14. The van der Waals surface area contributed by atoms with Crippen molar-refractivity contribution in [1.82, 2.24) is 20.1 Å². The van der Waals surface area contributed by atoms with Gasteiger partial charge in [-0.05, 0) is 27.4 Å². The monoisotopic (exact) mass is 268 g/mol. The van der Waals surface area contributed by atoms with E-state index in [1.54, 1.807) is 11.3 Å². The molecule has 1 N–H and O–H groups in total. The molecule has 0 aliphatic carbocycles. The fraction of sp³-hybridized carbons (Fsp3) is 0.769. The highest BCUT2D eigenvalue weighted by Crippen LogP contribution is 2.12. The molecule has 2 heterocycles. The van der Waals surface area contributed by atoms with Gasteiger partial charge in [0.25, 0.3) is 0 Å². The zero-order valence-electron chi connectivity index (χ0n) is 11.6. The van der Waals surface area contributed by atoms with Gasteiger partial charge < -0.3 is 10.2 Å². The number of likely N-dealkylation sites (N-methyl/N-ethyl adjacent to an activating group) is 2. The average Bonchev–Trinajstić information content (AvgIpc) is 2.75. The Bertz CT molecular complexity index is 366. The largest absolute Gasteiger partial charge is 0.315 e. The number of nitrogens with zero attached hydrogens (tertiary/aromatic N) is 3. The van der Waals surface area contributed by atoms with Crippen LogP contribution in [0.4, 0.5) is 0 Å². The Labute approximate surface area is 114 Å². The zero-order valence-corrected chi connectivity index (χ0v) is 12.5. The Morgan fingerprint density at radius 2 is 2.28 bits per heavy atom. The van der Waals surface area contributed by atoms with Gasteiger partial charge in [-0.15, -0.1) is 11.3 Å². The van der Waals surface area contributed by atoms with E-state index in [0.29, 0.717) is 6.04 Å². The average molecular weight is 268 g/mol. The van der Waals surface area contributed by atoms with Gasteiger partial charge in [0.2, 0.25) is 0 Å². The van der Waals surface area contributed by atoms with Crippen LogP contribution < -0.4 is 5.32 Å². The van der Waals surface area contributed by atoms with Crippen molar-refractivity contribution in [2.45, 2.75) is 19.4 Å². The summed E-state index contributed by atoms with van der Waals surface area (Å²) in [5, 5.41) is 3.58. The quantitative estimate of drug-likeness (QED) is 0.802. The van der Waals surface area contributed by atoms with Crippen molar-refractivity contribution in [3.63, 3.8) is 0 Å². The molecule has 1 unspecified atom stereocenters. The van der Waals surface area contributed by atoms with E-state index in [9.17, 15) is 0 Å². The van der Waals surface area contributed by atoms with E-state index in [0.717, 1.165) is 19.5 Å². The van der Waals surface area contributed by atoms with Crippen LogP contribution in [0.2, 0.25) is 0 Å². The molecule has 0 amide bonds. The number of hydrogen-bond acceptors (Lipinski definition) is 5. The summed E-state index contributed by atoms with van der Waals surface area (Å²) >= 11 is 1.77. The van der Waals surface area contributed by atoms with Crippen molar-refractivity contribution in [1.29, 1.82) is 0 Å². The minimum absolute atomic E-state index is 0.645. The molecule has 1 aliphatic rings. The Morgan fingerprint density at radius 1 is 1.44 bits per heavy atom. The molecule has 1 aromatic rings. The van der Waals surface area contributed by atoms with E-state index in [1.165, 1.54) is 30.2 Å². The number of hydrogen-bond donors (Lipinski definition) is 1. The topological polar surface area (TPSA) is 31.4 Å². The summed E-state index contributed by atoms with van der Waals surface area (Å²) in [6.45, 7) is 7.76. The third-order valence-electron chi connectivity index (χ3n) is 3.73. The molecule has 1 fully saturated rings. The van der Waals surface area contributed by atoms with Crippen LogP contribution in [0.5, 0.6) is 0 Å². The van der Waals surface area contributed by atoms with Crippen molar-refractivity contribution < 1.29 is 0 Å². The lowest BCUT2D eigenvalue weighted by Gasteiger charge is -2.37. The molecule has 4 nitrogen and oxygen atoms in total. The van der Waals surface area contributed by atoms with Gasteiger partial charge in [-0.25, -0.2) is 4.98 Å².